The van der Waals surface area contributed by atoms with Crippen LogP contribution in [0.3, 0.4) is 0 Å². The van der Waals surface area contributed by atoms with E-state index >= 15 is 0 Å². The average Bonchev–Trinajstić information content (AvgIpc) is 2.73. The lowest BCUT2D eigenvalue weighted by Crippen LogP contribution is -2.40. The van der Waals surface area contributed by atoms with Crippen molar-refractivity contribution in [2.75, 3.05) is 38.0 Å². The molecule has 0 radical (unpaired) electrons. The van der Waals surface area contributed by atoms with Gasteiger partial charge in [-0.05, 0) is 43.1 Å². The Bertz CT molecular complexity index is 816. The van der Waals surface area contributed by atoms with E-state index in [1.165, 1.54) is 48.5 Å². The van der Waals surface area contributed by atoms with E-state index in [1.54, 1.807) is 30.9 Å². The minimum Gasteiger partial charge on any atom is -0.369 e. The van der Waals surface area contributed by atoms with E-state index < -0.39 is 15.9 Å². The monoisotopic (exact) mass is 452 g/mol. The maximum atomic E-state index is 12.6. The average molecular weight is 453 g/mol. The predicted octanol–water partition coefficient (Wildman–Crippen LogP) is 2.41. The van der Waals surface area contributed by atoms with Crippen LogP contribution >= 0.6 is 0 Å². The van der Waals surface area contributed by atoms with Crippen molar-refractivity contribution in [1.29, 1.82) is 0 Å². The van der Waals surface area contributed by atoms with Crippen LogP contribution in [0, 0.1) is 5.92 Å². The second-order valence-corrected chi connectivity index (χ2v) is 10.1. The van der Waals surface area contributed by atoms with Gasteiger partial charge in [0.2, 0.25) is 21.8 Å². The molecule has 0 heterocycles. The van der Waals surface area contributed by atoms with Crippen LogP contribution in [0.15, 0.2) is 29.2 Å². The smallest absolute Gasteiger partial charge is 0.243 e. The molecule has 0 atom stereocenters. The van der Waals surface area contributed by atoms with Gasteiger partial charge in [0.1, 0.15) is 0 Å². The van der Waals surface area contributed by atoms with Gasteiger partial charge in [-0.15, -0.1) is 0 Å². The number of nitrogens with zero attached hydrogens (tertiary/aromatic N) is 2. The van der Waals surface area contributed by atoms with E-state index in [9.17, 15) is 18.0 Å². The lowest BCUT2D eigenvalue weighted by Gasteiger charge is -2.26. The molecule has 0 unspecified atom stereocenters. The molecule has 1 aliphatic rings. The molecule has 0 bridgehead atoms. The Kier molecular flexibility index (Phi) is 9.93. The molecule has 1 aromatic rings. The third-order valence-electron chi connectivity index (χ3n) is 5.81. The molecule has 1 aromatic carbocycles. The van der Waals surface area contributed by atoms with Crippen molar-refractivity contribution in [2.24, 2.45) is 11.7 Å². The van der Waals surface area contributed by atoms with Crippen LogP contribution in [0.2, 0.25) is 0 Å². The number of carbonyl (C=O) groups excluding carboxylic acids is 2. The topological polar surface area (TPSA) is 113 Å². The number of hydrogen-bond acceptors (Lipinski definition) is 5. The lowest BCUT2D eigenvalue weighted by molar-refractivity contribution is -0.121. The fourth-order valence-corrected chi connectivity index (χ4v) is 5.56. The fraction of sp³-hybridized carbons (Fsp3) is 0.636. The Morgan fingerprint density at radius 2 is 1.65 bits per heavy atom. The maximum absolute atomic E-state index is 12.6. The highest BCUT2D eigenvalue weighted by Gasteiger charge is 2.22. The summed E-state index contributed by atoms with van der Waals surface area (Å²) in [5.74, 6) is -0.0702. The lowest BCUT2D eigenvalue weighted by atomic mass is 9.87. The molecule has 0 spiro atoms. The SMILES string of the molecule is CCN(CC)S(=O)(=O)c1ccc(NC(=O)CN(CCC2CCCCC2)CC(N)=O)cc1. The number of sulfonamides is 1. The molecule has 1 fully saturated rings. The van der Waals surface area contributed by atoms with Gasteiger partial charge < -0.3 is 11.1 Å². The van der Waals surface area contributed by atoms with Gasteiger partial charge in [0.25, 0.3) is 0 Å². The highest BCUT2D eigenvalue weighted by molar-refractivity contribution is 7.89. The predicted molar refractivity (Wildman–Crippen MR) is 122 cm³/mol. The van der Waals surface area contributed by atoms with Crippen molar-refractivity contribution < 1.29 is 18.0 Å². The van der Waals surface area contributed by atoms with E-state index in [1.807, 2.05) is 0 Å². The van der Waals surface area contributed by atoms with Crippen LogP contribution in [0.25, 0.3) is 0 Å². The minimum absolute atomic E-state index is 0.0428. The second-order valence-electron chi connectivity index (χ2n) is 8.13. The Labute approximate surface area is 186 Å². The van der Waals surface area contributed by atoms with Crippen molar-refractivity contribution >= 4 is 27.5 Å². The van der Waals surface area contributed by atoms with E-state index in [-0.39, 0.29) is 23.9 Å². The van der Waals surface area contributed by atoms with E-state index in [0.717, 1.165) is 6.42 Å². The van der Waals surface area contributed by atoms with Gasteiger partial charge in [0.05, 0.1) is 18.0 Å². The molecule has 31 heavy (non-hydrogen) atoms. The third kappa shape index (κ3) is 7.90. The van der Waals surface area contributed by atoms with Crippen molar-refractivity contribution in [3.8, 4) is 0 Å². The standard InChI is InChI=1S/C22H36N4O4S/c1-3-26(4-2)31(29,30)20-12-10-19(11-13-20)24-22(28)17-25(16-21(23)27)15-14-18-8-6-5-7-9-18/h10-13,18H,3-9,14-17H2,1-2H3,(H2,23,27)(H,24,28). The molecule has 174 valence electrons. The summed E-state index contributed by atoms with van der Waals surface area (Å²) in [4.78, 5) is 25.9. The van der Waals surface area contributed by atoms with E-state index in [0.29, 0.717) is 31.2 Å². The number of nitrogens with one attached hydrogen (secondary N) is 1. The highest BCUT2D eigenvalue weighted by atomic mass is 32.2. The van der Waals surface area contributed by atoms with Gasteiger partial charge in [-0.1, -0.05) is 46.0 Å². The van der Waals surface area contributed by atoms with Crippen LogP contribution in [-0.4, -0.2) is 62.2 Å². The first kappa shape index (κ1) is 25.3. The summed E-state index contributed by atoms with van der Waals surface area (Å²) in [5.41, 5.74) is 5.87. The summed E-state index contributed by atoms with van der Waals surface area (Å²) in [5, 5.41) is 2.78. The van der Waals surface area contributed by atoms with E-state index in [2.05, 4.69) is 5.32 Å². The van der Waals surface area contributed by atoms with Gasteiger partial charge in [-0.2, -0.15) is 4.31 Å². The Balaban J connectivity index is 1.94. The summed E-state index contributed by atoms with van der Waals surface area (Å²) >= 11 is 0. The molecule has 0 aromatic heterocycles. The van der Waals surface area contributed by atoms with Crippen LogP contribution in [0.5, 0.6) is 0 Å². The zero-order valence-electron chi connectivity index (χ0n) is 18.7. The zero-order chi connectivity index (χ0) is 22.9. The van der Waals surface area contributed by atoms with Gasteiger partial charge in [-0.3, -0.25) is 14.5 Å². The van der Waals surface area contributed by atoms with Crippen molar-refractivity contribution in [3.63, 3.8) is 0 Å². The molecule has 3 N–H and O–H groups in total. The quantitative estimate of drug-likeness (QED) is 0.506. The van der Waals surface area contributed by atoms with Crippen molar-refractivity contribution in [2.45, 2.75) is 57.3 Å². The summed E-state index contributed by atoms with van der Waals surface area (Å²) in [6, 6.07) is 6.14. The van der Waals surface area contributed by atoms with Crippen LogP contribution in [0.1, 0.15) is 52.4 Å². The number of rotatable bonds is 12. The summed E-state index contributed by atoms with van der Waals surface area (Å²) in [6.07, 6.45) is 7.16. The first-order valence-corrected chi connectivity index (χ1v) is 12.6. The van der Waals surface area contributed by atoms with Gasteiger partial charge in [0, 0.05) is 18.8 Å². The van der Waals surface area contributed by atoms with Crippen LogP contribution in [0.4, 0.5) is 5.69 Å². The Morgan fingerprint density at radius 3 is 2.19 bits per heavy atom. The molecule has 2 amide bonds. The van der Waals surface area contributed by atoms with Crippen LogP contribution < -0.4 is 11.1 Å². The zero-order valence-corrected chi connectivity index (χ0v) is 19.5. The molecule has 1 saturated carbocycles. The van der Waals surface area contributed by atoms with Gasteiger partial charge in [-0.25, -0.2) is 8.42 Å². The van der Waals surface area contributed by atoms with Crippen molar-refractivity contribution in [1.82, 2.24) is 9.21 Å². The molecule has 0 aliphatic heterocycles. The summed E-state index contributed by atoms with van der Waals surface area (Å²) in [7, 11) is -3.54. The molecule has 8 nitrogen and oxygen atoms in total. The van der Waals surface area contributed by atoms with Crippen LogP contribution in [-0.2, 0) is 19.6 Å². The summed E-state index contributed by atoms with van der Waals surface area (Å²) in [6.45, 7) is 5.14. The normalized spacial score (nSPS) is 15.4. The molecule has 2 rings (SSSR count). The first-order chi connectivity index (χ1) is 14.8. The fourth-order valence-electron chi connectivity index (χ4n) is 4.10. The largest absolute Gasteiger partial charge is 0.369 e. The molecular weight excluding hydrogens is 416 g/mol. The molecule has 1 aliphatic carbocycles. The second kappa shape index (κ2) is 12.2. The third-order valence-corrected chi connectivity index (χ3v) is 7.87. The number of primary amides is 1. The number of benzene rings is 1. The first-order valence-electron chi connectivity index (χ1n) is 11.2. The number of anilines is 1. The van der Waals surface area contributed by atoms with Gasteiger partial charge >= 0.3 is 0 Å². The molecule has 9 heteroatoms. The maximum Gasteiger partial charge on any atom is 0.243 e. The highest BCUT2D eigenvalue weighted by Crippen LogP contribution is 2.26. The van der Waals surface area contributed by atoms with Gasteiger partial charge in [0.15, 0.2) is 0 Å². The Morgan fingerprint density at radius 1 is 1.03 bits per heavy atom. The molecular formula is C22H36N4O4S. The van der Waals surface area contributed by atoms with Crippen molar-refractivity contribution in [3.05, 3.63) is 24.3 Å². The van der Waals surface area contributed by atoms with E-state index in [4.69, 9.17) is 5.73 Å². The minimum atomic E-state index is -3.54. The molecule has 0 saturated heterocycles. The number of carbonyl (C=O) groups is 2. The number of amides is 2. The number of nitrogens with two attached hydrogens (primary N) is 1. The Hall–Kier alpha value is -1.97. The number of hydrogen-bond donors (Lipinski definition) is 2. The summed E-state index contributed by atoms with van der Waals surface area (Å²) < 4.78 is 26.5.